The number of aliphatic hydroxyl groups excluding tert-OH is 1. The molecule has 0 radical (unpaired) electrons. The highest BCUT2D eigenvalue weighted by Gasteiger charge is 2.29. The number of aromatic amines is 1. The van der Waals surface area contributed by atoms with Crippen LogP contribution in [0.4, 0.5) is 5.82 Å². The van der Waals surface area contributed by atoms with Crippen LogP contribution in [0.25, 0.3) is 10.9 Å². The maximum Gasteiger partial charge on any atom is 0.258 e. The number of amides is 1. The number of carbonyl (C=O) groups is 1. The standard InChI is InChI=1S/C16H18N2O2/c1-9-4-5-14-13(8-9)12-6-7-18(15(12)17-14)16(20)10(2)11(3)19/h4-5,8,17,19H,6-7H2,1-3H3/b11-10-. The van der Waals surface area contributed by atoms with Gasteiger partial charge < -0.3 is 10.1 Å². The molecule has 0 saturated carbocycles. The molecule has 0 unspecified atom stereocenters. The second-order valence-electron chi connectivity index (χ2n) is 5.42. The van der Waals surface area contributed by atoms with E-state index in [1.807, 2.05) is 6.07 Å². The first-order chi connectivity index (χ1) is 9.49. The molecule has 3 rings (SSSR count). The van der Waals surface area contributed by atoms with Gasteiger partial charge >= 0.3 is 0 Å². The summed E-state index contributed by atoms with van der Waals surface area (Å²) in [7, 11) is 0. The Labute approximate surface area is 117 Å². The fraction of sp³-hybridized carbons (Fsp3) is 0.312. The quantitative estimate of drug-likeness (QED) is 0.617. The highest BCUT2D eigenvalue weighted by atomic mass is 16.3. The molecule has 0 aliphatic carbocycles. The minimum absolute atomic E-state index is 0.0791. The monoisotopic (exact) mass is 270 g/mol. The number of anilines is 1. The van der Waals surface area contributed by atoms with Crippen LogP contribution in [0.3, 0.4) is 0 Å². The SMILES string of the molecule is C/C(O)=C(\C)C(=O)N1CCc2c1[nH]c1ccc(C)cc21. The van der Waals surface area contributed by atoms with Crippen LogP contribution >= 0.6 is 0 Å². The zero-order chi connectivity index (χ0) is 14.4. The third-order valence-electron chi connectivity index (χ3n) is 4.00. The van der Waals surface area contributed by atoms with Crippen molar-refractivity contribution in [1.82, 2.24) is 4.98 Å². The summed E-state index contributed by atoms with van der Waals surface area (Å²) in [5.74, 6) is 0.818. The van der Waals surface area contributed by atoms with Crippen LogP contribution in [-0.4, -0.2) is 22.5 Å². The summed E-state index contributed by atoms with van der Waals surface area (Å²) < 4.78 is 0. The maximum absolute atomic E-state index is 12.4. The van der Waals surface area contributed by atoms with E-state index in [1.165, 1.54) is 16.5 Å². The first-order valence-electron chi connectivity index (χ1n) is 6.78. The predicted molar refractivity (Wildman–Crippen MR) is 80.1 cm³/mol. The van der Waals surface area contributed by atoms with Gasteiger partial charge in [-0.25, -0.2) is 0 Å². The van der Waals surface area contributed by atoms with Crippen LogP contribution in [0.5, 0.6) is 0 Å². The lowest BCUT2D eigenvalue weighted by atomic mass is 10.1. The molecule has 0 bridgehead atoms. The Morgan fingerprint density at radius 3 is 2.80 bits per heavy atom. The average molecular weight is 270 g/mol. The summed E-state index contributed by atoms with van der Waals surface area (Å²) in [4.78, 5) is 17.4. The number of rotatable bonds is 1. The number of aliphatic hydroxyl groups is 1. The van der Waals surface area contributed by atoms with Gasteiger partial charge in [-0.15, -0.1) is 0 Å². The zero-order valence-corrected chi connectivity index (χ0v) is 11.9. The summed E-state index contributed by atoms with van der Waals surface area (Å²) in [5, 5.41) is 10.7. The molecule has 0 atom stereocenters. The van der Waals surface area contributed by atoms with Gasteiger partial charge in [-0.1, -0.05) is 11.6 Å². The fourth-order valence-electron chi connectivity index (χ4n) is 2.73. The van der Waals surface area contributed by atoms with E-state index >= 15 is 0 Å². The average Bonchev–Trinajstić information content (AvgIpc) is 2.96. The Morgan fingerprint density at radius 1 is 1.35 bits per heavy atom. The molecule has 1 aromatic carbocycles. The second kappa shape index (κ2) is 4.40. The number of hydrogen-bond acceptors (Lipinski definition) is 2. The van der Waals surface area contributed by atoms with Crippen molar-refractivity contribution in [3.63, 3.8) is 0 Å². The maximum atomic E-state index is 12.4. The molecule has 2 aromatic rings. The summed E-state index contributed by atoms with van der Waals surface area (Å²) >= 11 is 0. The molecule has 1 aromatic heterocycles. The van der Waals surface area contributed by atoms with Gasteiger partial charge in [-0.2, -0.15) is 0 Å². The number of fused-ring (bicyclic) bond motifs is 3. The summed E-state index contributed by atoms with van der Waals surface area (Å²) in [5.41, 5.74) is 3.86. The van der Waals surface area contributed by atoms with Crippen molar-refractivity contribution in [3.05, 3.63) is 40.7 Å². The van der Waals surface area contributed by atoms with Crippen LogP contribution in [0.1, 0.15) is 25.0 Å². The second-order valence-corrected chi connectivity index (χ2v) is 5.42. The van der Waals surface area contributed by atoms with Crippen molar-refractivity contribution >= 4 is 22.6 Å². The lowest BCUT2D eigenvalue weighted by molar-refractivity contribution is -0.115. The number of hydrogen-bond donors (Lipinski definition) is 2. The molecule has 4 heteroatoms. The molecular weight excluding hydrogens is 252 g/mol. The van der Waals surface area contributed by atoms with Gasteiger partial charge in [-0.3, -0.25) is 9.69 Å². The molecule has 2 heterocycles. The number of nitrogens with zero attached hydrogens (tertiary/aromatic N) is 1. The van der Waals surface area contributed by atoms with E-state index in [4.69, 9.17) is 0 Å². The number of carbonyl (C=O) groups excluding carboxylic acids is 1. The highest BCUT2D eigenvalue weighted by molar-refractivity contribution is 6.08. The van der Waals surface area contributed by atoms with Crippen molar-refractivity contribution in [1.29, 1.82) is 0 Å². The molecule has 2 N–H and O–H groups in total. The van der Waals surface area contributed by atoms with E-state index < -0.39 is 0 Å². The Hall–Kier alpha value is -2.23. The summed E-state index contributed by atoms with van der Waals surface area (Å²) in [6.07, 6.45) is 0.849. The lowest BCUT2D eigenvalue weighted by Crippen LogP contribution is -2.30. The van der Waals surface area contributed by atoms with Gasteiger partial charge in [0.2, 0.25) is 0 Å². The van der Waals surface area contributed by atoms with E-state index in [-0.39, 0.29) is 11.7 Å². The summed E-state index contributed by atoms with van der Waals surface area (Å²) in [6.45, 7) is 5.93. The lowest BCUT2D eigenvalue weighted by Gasteiger charge is -2.16. The van der Waals surface area contributed by atoms with Crippen molar-refractivity contribution in [3.8, 4) is 0 Å². The molecule has 1 aliphatic rings. The number of allylic oxidation sites excluding steroid dienone is 1. The number of H-pyrrole nitrogens is 1. The topological polar surface area (TPSA) is 56.3 Å². The number of benzene rings is 1. The van der Waals surface area contributed by atoms with Gasteiger partial charge in [-0.05, 0) is 39.3 Å². The predicted octanol–water partition coefficient (Wildman–Crippen LogP) is 3.22. The first kappa shape index (κ1) is 12.8. The Bertz CT molecular complexity index is 736. The van der Waals surface area contributed by atoms with Gasteiger partial charge in [0.15, 0.2) is 0 Å². The molecule has 4 nitrogen and oxygen atoms in total. The Balaban J connectivity index is 2.09. The normalized spacial score (nSPS) is 15.4. The Kier molecular flexibility index (Phi) is 2.82. The van der Waals surface area contributed by atoms with Crippen molar-refractivity contribution in [2.75, 3.05) is 11.4 Å². The van der Waals surface area contributed by atoms with Crippen LogP contribution in [-0.2, 0) is 11.2 Å². The number of nitrogens with one attached hydrogen (secondary N) is 1. The molecule has 1 aliphatic heterocycles. The minimum Gasteiger partial charge on any atom is -0.512 e. The van der Waals surface area contributed by atoms with E-state index in [2.05, 4.69) is 24.0 Å². The minimum atomic E-state index is -0.132. The fourth-order valence-corrected chi connectivity index (χ4v) is 2.73. The molecule has 0 fully saturated rings. The molecule has 0 spiro atoms. The van der Waals surface area contributed by atoms with E-state index in [1.54, 1.807) is 18.7 Å². The van der Waals surface area contributed by atoms with Crippen LogP contribution in [0.15, 0.2) is 29.5 Å². The van der Waals surface area contributed by atoms with Crippen molar-refractivity contribution in [2.24, 2.45) is 0 Å². The van der Waals surface area contributed by atoms with Gasteiger partial charge in [0.1, 0.15) is 5.82 Å². The molecule has 104 valence electrons. The molecule has 0 saturated heterocycles. The first-order valence-corrected chi connectivity index (χ1v) is 6.78. The van der Waals surface area contributed by atoms with Gasteiger partial charge in [0, 0.05) is 23.0 Å². The summed E-state index contributed by atoms with van der Waals surface area (Å²) in [6, 6.07) is 6.26. The van der Waals surface area contributed by atoms with E-state index in [0.29, 0.717) is 12.1 Å². The van der Waals surface area contributed by atoms with Gasteiger partial charge in [0.05, 0.1) is 11.3 Å². The van der Waals surface area contributed by atoms with Gasteiger partial charge in [0.25, 0.3) is 5.91 Å². The highest BCUT2D eigenvalue weighted by Crippen LogP contribution is 2.35. The number of aryl methyl sites for hydroxylation is 1. The van der Waals surface area contributed by atoms with Crippen LogP contribution in [0.2, 0.25) is 0 Å². The van der Waals surface area contributed by atoms with Crippen molar-refractivity contribution in [2.45, 2.75) is 27.2 Å². The van der Waals surface area contributed by atoms with E-state index in [9.17, 15) is 9.90 Å². The molecular formula is C16H18N2O2. The molecule has 1 amide bonds. The zero-order valence-electron chi connectivity index (χ0n) is 11.9. The Morgan fingerprint density at radius 2 is 2.10 bits per heavy atom. The van der Waals surface area contributed by atoms with Crippen LogP contribution in [0, 0.1) is 6.92 Å². The van der Waals surface area contributed by atoms with Crippen LogP contribution < -0.4 is 4.90 Å². The molecule has 20 heavy (non-hydrogen) atoms. The third kappa shape index (κ3) is 1.80. The largest absolute Gasteiger partial charge is 0.512 e. The third-order valence-corrected chi connectivity index (χ3v) is 4.00. The van der Waals surface area contributed by atoms with Crippen molar-refractivity contribution < 1.29 is 9.90 Å². The van der Waals surface area contributed by atoms with E-state index in [0.717, 1.165) is 17.8 Å². The smallest absolute Gasteiger partial charge is 0.258 e. The number of aromatic nitrogens is 1.